The van der Waals surface area contributed by atoms with Crippen LogP contribution >= 0.6 is 0 Å². The van der Waals surface area contributed by atoms with Gasteiger partial charge in [0.1, 0.15) is 5.54 Å². The van der Waals surface area contributed by atoms with E-state index in [-0.39, 0.29) is 11.6 Å². The van der Waals surface area contributed by atoms with Gasteiger partial charge in [0, 0.05) is 32.4 Å². The topological polar surface area (TPSA) is 61.6 Å². The van der Waals surface area contributed by atoms with E-state index in [0.29, 0.717) is 11.9 Å². The van der Waals surface area contributed by atoms with Gasteiger partial charge in [0.05, 0.1) is 11.8 Å². The predicted octanol–water partition coefficient (Wildman–Crippen LogP) is 1.68. The maximum atomic E-state index is 13.6. The molecule has 138 valence electrons. The lowest BCUT2D eigenvalue weighted by atomic mass is 9.82. The van der Waals surface area contributed by atoms with Crippen molar-refractivity contribution in [1.82, 2.24) is 19.6 Å². The lowest BCUT2D eigenvalue weighted by molar-refractivity contribution is -0.152. The standard InChI is InChI=1S/C19H30N4O2/c1-21-16(8-11-20-21)14-22-12-2-9-19(22)10-3-13-23(18(19)25)15-4-6-17(24)7-5-15/h8,11,15,17,24H,2-7,9-10,12-14H2,1H3. The Hall–Kier alpha value is -1.40. The monoisotopic (exact) mass is 346 g/mol. The summed E-state index contributed by atoms with van der Waals surface area (Å²) >= 11 is 0. The van der Waals surface area contributed by atoms with Crippen LogP contribution in [0, 0.1) is 0 Å². The van der Waals surface area contributed by atoms with Crippen LogP contribution in [0.5, 0.6) is 0 Å². The molecule has 1 atom stereocenters. The second kappa shape index (κ2) is 6.72. The number of likely N-dealkylation sites (tertiary alicyclic amines) is 2. The van der Waals surface area contributed by atoms with E-state index >= 15 is 0 Å². The zero-order chi connectivity index (χ0) is 17.4. The van der Waals surface area contributed by atoms with E-state index < -0.39 is 0 Å². The zero-order valence-corrected chi connectivity index (χ0v) is 15.2. The highest BCUT2D eigenvalue weighted by Gasteiger charge is 2.52. The molecular formula is C19H30N4O2. The first-order valence-electron chi connectivity index (χ1n) is 9.81. The molecule has 1 spiro atoms. The van der Waals surface area contributed by atoms with Gasteiger partial charge in [0.2, 0.25) is 5.91 Å². The maximum Gasteiger partial charge on any atom is 0.243 e. The number of aliphatic hydroxyl groups is 1. The van der Waals surface area contributed by atoms with E-state index in [2.05, 4.69) is 21.0 Å². The number of aryl methyl sites for hydroxylation is 1. The highest BCUT2D eigenvalue weighted by molar-refractivity contribution is 5.87. The van der Waals surface area contributed by atoms with Crippen LogP contribution in [0.4, 0.5) is 0 Å². The molecule has 0 radical (unpaired) electrons. The van der Waals surface area contributed by atoms with E-state index in [0.717, 1.165) is 71.0 Å². The quantitative estimate of drug-likeness (QED) is 0.905. The van der Waals surface area contributed by atoms with Crippen molar-refractivity contribution in [3.63, 3.8) is 0 Å². The second-order valence-electron chi connectivity index (χ2n) is 8.07. The third kappa shape index (κ3) is 2.99. The summed E-state index contributed by atoms with van der Waals surface area (Å²) in [5.74, 6) is 0.347. The summed E-state index contributed by atoms with van der Waals surface area (Å²) in [5.41, 5.74) is 0.866. The molecule has 2 saturated heterocycles. The van der Waals surface area contributed by atoms with E-state index in [1.54, 1.807) is 0 Å². The Morgan fingerprint density at radius 2 is 1.92 bits per heavy atom. The number of hydrogen-bond acceptors (Lipinski definition) is 4. The van der Waals surface area contributed by atoms with Crippen molar-refractivity contribution in [3.8, 4) is 0 Å². The first kappa shape index (κ1) is 17.0. The highest BCUT2D eigenvalue weighted by Crippen LogP contribution is 2.41. The van der Waals surface area contributed by atoms with Crippen molar-refractivity contribution in [2.24, 2.45) is 7.05 Å². The molecule has 1 aromatic heterocycles. The summed E-state index contributed by atoms with van der Waals surface area (Å²) in [6, 6.07) is 2.38. The molecule has 1 unspecified atom stereocenters. The maximum absolute atomic E-state index is 13.6. The summed E-state index contributed by atoms with van der Waals surface area (Å²) < 4.78 is 1.92. The van der Waals surface area contributed by atoms with Gasteiger partial charge in [-0.1, -0.05) is 0 Å². The molecule has 3 aliphatic rings. The van der Waals surface area contributed by atoms with Crippen LogP contribution in [0.15, 0.2) is 12.3 Å². The number of carbonyl (C=O) groups excluding carboxylic acids is 1. The molecule has 2 aliphatic heterocycles. The molecule has 25 heavy (non-hydrogen) atoms. The number of hydrogen-bond donors (Lipinski definition) is 1. The first-order chi connectivity index (χ1) is 12.1. The molecule has 1 saturated carbocycles. The molecule has 1 N–H and O–H groups in total. The number of aliphatic hydroxyl groups excluding tert-OH is 1. The third-order valence-electron chi connectivity index (χ3n) is 6.65. The number of aromatic nitrogens is 2. The van der Waals surface area contributed by atoms with E-state index in [4.69, 9.17) is 0 Å². The largest absolute Gasteiger partial charge is 0.393 e. The van der Waals surface area contributed by atoms with Gasteiger partial charge in [0.15, 0.2) is 0 Å². The van der Waals surface area contributed by atoms with Crippen molar-refractivity contribution in [2.75, 3.05) is 13.1 Å². The Bertz CT molecular complexity index is 623. The smallest absolute Gasteiger partial charge is 0.243 e. The molecule has 3 fully saturated rings. The molecule has 1 amide bonds. The highest BCUT2D eigenvalue weighted by atomic mass is 16.3. The lowest BCUT2D eigenvalue weighted by Gasteiger charge is -2.48. The Kier molecular flexibility index (Phi) is 4.58. The van der Waals surface area contributed by atoms with Crippen LogP contribution in [0.1, 0.15) is 57.1 Å². The summed E-state index contributed by atoms with van der Waals surface area (Å²) in [6.07, 6.45) is 9.38. The minimum atomic E-state index is -0.307. The molecule has 4 rings (SSSR count). The van der Waals surface area contributed by atoms with Crippen LogP contribution < -0.4 is 0 Å². The van der Waals surface area contributed by atoms with Gasteiger partial charge in [-0.15, -0.1) is 0 Å². The molecule has 0 aromatic carbocycles. The molecule has 6 nitrogen and oxygen atoms in total. The summed E-state index contributed by atoms with van der Waals surface area (Å²) in [5, 5.41) is 14.1. The third-order valence-corrected chi connectivity index (χ3v) is 6.65. The Labute approximate surface area is 149 Å². The number of nitrogens with zero attached hydrogens (tertiary/aromatic N) is 4. The van der Waals surface area contributed by atoms with Crippen molar-refractivity contribution in [2.45, 2.75) is 75.6 Å². The van der Waals surface area contributed by atoms with Crippen molar-refractivity contribution >= 4 is 5.91 Å². The molecule has 1 aromatic rings. The molecule has 1 aliphatic carbocycles. The van der Waals surface area contributed by atoms with Gasteiger partial charge in [-0.3, -0.25) is 14.4 Å². The Morgan fingerprint density at radius 3 is 2.60 bits per heavy atom. The normalized spacial score (nSPS) is 34.2. The molecule has 6 heteroatoms. The van der Waals surface area contributed by atoms with Crippen molar-refractivity contribution in [1.29, 1.82) is 0 Å². The average Bonchev–Trinajstić information content (AvgIpc) is 3.19. The summed E-state index contributed by atoms with van der Waals surface area (Å²) in [7, 11) is 1.97. The van der Waals surface area contributed by atoms with Gasteiger partial charge in [0.25, 0.3) is 0 Å². The SMILES string of the molecule is Cn1nccc1CN1CCCC12CCCN(C1CCC(O)CC1)C2=O. The van der Waals surface area contributed by atoms with Gasteiger partial charge < -0.3 is 10.0 Å². The van der Waals surface area contributed by atoms with Crippen LogP contribution in [-0.2, 0) is 18.4 Å². The Balaban J connectivity index is 1.53. The van der Waals surface area contributed by atoms with Gasteiger partial charge >= 0.3 is 0 Å². The zero-order valence-electron chi connectivity index (χ0n) is 15.2. The van der Waals surface area contributed by atoms with Crippen molar-refractivity contribution < 1.29 is 9.90 Å². The van der Waals surface area contributed by atoms with Gasteiger partial charge in [-0.25, -0.2) is 0 Å². The number of amides is 1. The van der Waals surface area contributed by atoms with E-state index in [1.807, 2.05) is 17.9 Å². The summed E-state index contributed by atoms with van der Waals surface area (Å²) in [4.78, 5) is 18.1. The minimum absolute atomic E-state index is 0.169. The second-order valence-corrected chi connectivity index (χ2v) is 8.07. The number of piperidine rings is 1. The number of carbonyl (C=O) groups is 1. The molecule has 3 heterocycles. The summed E-state index contributed by atoms with van der Waals surface area (Å²) in [6.45, 7) is 2.69. The average molecular weight is 346 g/mol. The fourth-order valence-electron chi connectivity index (χ4n) is 5.18. The van der Waals surface area contributed by atoms with Crippen molar-refractivity contribution in [3.05, 3.63) is 18.0 Å². The van der Waals surface area contributed by atoms with E-state index in [1.165, 1.54) is 5.69 Å². The van der Waals surface area contributed by atoms with E-state index in [9.17, 15) is 9.90 Å². The van der Waals surface area contributed by atoms with Gasteiger partial charge in [-0.05, 0) is 64.0 Å². The van der Waals surface area contributed by atoms with Crippen LogP contribution in [0.25, 0.3) is 0 Å². The Morgan fingerprint density at radius 1 is 1.20 bits per heavy atom. The van der Waals surface area contributed by atoms with Crippen LogP contribution in [0.3, 0.4) is 0 Å². The van der Waals surface area contributed by atoms with Crippen LogP contribution in [-0.4, -0.2) is 61.4 Å². The molecule has 0 bridgehead atoms. The van der Waals surface area contributed by atoms with Gasteiger partial charge in [-0.2, -0.15) is 5.10 Å². The number of rotatable bonds is 3. The lowest BCUT2D eigenvalue weighted by Crippen LogP contribution is -2.62. The predicted molar refractivity (Wildman–Crippen MR) is 94.8 cm³/mol. The fourth-order valence-corrected chi connectivity index (χ4v) is 5.18. The van der Waals surface area contributed by atoms with Crippen LogP contribution in [0.2, 0.25) is 0 Å². The molecular weight excluding hydrogens is 316 g/mol. The minimum Gasteiger partial charge on any atom is -0.393 e. The fraction of sp³-hybridized carbons (Fsp3) is 0.789. The first-order valence-corrected chi connectivity index (χ1v) is 9.81.